The van der Waals surface area contributed by atoms with Crippen LogP contribution in [0.4, 0.5) is 17.2 Å². The molecule has 2 heterocycles. The third kappa shape index (κ3) is 1.66. The molecule has 1 aromatic heterocycles. The van der Waals surface area contributed by atoms with Crippen molar-refractivity contribution in [3.8, 4) is 5.75 Å². The molecule has 0 spiro atoms. The van der Waals surface area contributed by atoms with Gasteiger partial charge in [0.1, 0.15) is 11.6 Å². The number of nitrogen functional groups attached to an aromatic ring is 1. The summed E-state index contributed by atoms with van der Waals surface area (Å²) in [6.07, 6.45) is 1.53. The van der Waals surface area contributed by atoms with Gasteiger partial charge in [-0.3, -0.25) is 9.69 Å². The average Bonchev–Trinajstić information content (AvgIpc) is 2.40. The van der Waals surface area contributed by atoms with E-state index in [2.05, 4.69) is 4.98 Å². The molecule has 0 unspecified atom stereocenters. The molecule has 2 aromatic rings. The van der Waals surface area contributed by atoms with E-state index in [0.717, 1.165) is 0 Å². The molecule has 1 aliphatic heterocycles. The van der Waals surface area contributed by atoms with Crippen LogP contribution in [0.1, 0.15) is 0 Å². The van der Waals surface area contributed by atoms with Gasteiger partial charge in [0.2, 0.25) is 0 Å². The van der Waals surface area contributed by atoms with Crippen LogP contribution in [0, 0.1) is 0 Å². The van der Waals surface area contributed by atoms with Gasteiger partial charge in [-0.15, -0.1) is 0 Å². The molecule has 3 rings (SSSR count). The minimum absolute atomic E-state index is 0.0169. The van der Waals surface area contributed by atoms with Gasteiger partial charge in [-0.1, -0.05) is 12.1 Å². The number of anilines is 3. The zero-order chi connectivity index (χ0) is 12.5. The predicted octanol–water partition coefficient (Wildman–Crippen LogP) is 1.72. The van der Waals surface area contributed by atoms with E-state index < -0.39 is 0 Å². The number of nitrogens with two attached hydrogens (primary N) is 1. The molecule has 0 fully saturated rings. The number of carbonyl (C=O) groups excluding carboxylic acids is 1. The SMILES string of the molecule is Nc1ccc(N2C(=O)COc3ccccc32)nc1. The first-order valence-electron chi connectivity index (χ1n) is 5.52. The lowest BCUT2D eigenvalue weighted by molar-refractivity contribution is -0.120. The Kier molecular flexibility index (Phi) is 2.37. The molecule has 5 nitrogen and oxygen atoms in total. The Morgan fingerprint density at radius 1 is 1.22 bits per heavy atom. The molecule has 90 valence electrons. The summed E-state index contributed by atoms with van der Waals surface area (Å²) in [6.45, 7) is 0.0169. The van der Waals surface area contributed by atoms with Gasteiger partial charge < -0.3 is 10.5 Å². The summed E-state index contributed by atoms with van der Waals surface area (Å²) in [5.74, 6) is 1.08. The third-order valence-electron chi connectivity index (χ3n) is 2.71. The van der Waals surface area contributed by atoms with Crippen LogP contribution in [0.5, 0.6) is 5.75 Å². The van der Waals surface area contributed by atoms with Crippen LogP contribution in [-0.4, -0.2) is 17.5 Å². The van der Waals surface area contributed by atoms with Crippen molar-refractivity contribution in [3.63, 3.8) is 0 Å². The second-order valence-electron chi connectivity index (χ2n) is 3.94. The second-order valence-corrected chi connectivity index (χ2v) is 3.94. The first kappa shape index (κ1) is 10.6. The summed E-state index contributed by atoms with van der Waals surface area (Å²) < 4.78 is 5.37. The zero-order valence-electron chi connectivity index (χ0n) is 9.54. The summed E-state index contributed by atoms with van der Waals surface area (Å²) in [5, 5.41) is 0. The van der Waals surface area contributed by atoms with Gasteiger partial charge in [0.15, 0.2) is 6.61 Å². The van der Waals surface area contributed by atoms with Crippen molar-refractivity contribution in [2.75, 3.05) is 17.2 Å². The Bertz CT molecular complexity index is 595. The highest BCUT2D eigenvalue weighted by Gasteiger charge is 2.27. The lowest BCUT2D eigenvalue weighted by Gasteiger charge is -2.28. The molecule has 1 amide bonds. The molecule has 0 aliphatic carbocycles. The summed E-state index contributed by atoms with van der Waals surface area (Å²) in [5.41, 5.74) is 6.86. The Morgan fingerprint density at radius 2 is 2.06 bits per heavy atom. The number of rotatable bonds is 1. The van der Waals surface area contributed by atoms with Gasteiger partial charge in [-0.2, -0.15) is 0 Å². The molecule has 2 N–H and O–H groups in total. The van der Waals surface area contributed by atoms with Crippen molar-refractivity contribution >= 4 is 23.1 Å². The summed E-state index contributed by atoms with van der Waals surface area (Å²) in [7, 11) is 0. The van der Waals surface area contributed by atoms with E-state index in [1.54, 1.807) is 12.1 Å². The number of fused-ring (bicyclic) bond motifs is 1. The number of aromatic nitrogens is 1. The summed E-state index contributed by atoms with van der Waals surface area (Å²) in [6, 6.07) is 10.8. The number of nitrogens with zero attached hydrogens (tertiary/aromatic N) is 2. The fourth-order valence-electron chi connectivity index (χ4n) is 1.88. The Labute approximate surface area is 104 Å². The van der Waals surface area contributed by atoms with E-state index in [1.165, 1.54) is 11.1 Å². The summed E-state index contributed by atoms with van der Waals surface area (Å²) >= 11 is 0. The third-order valence-corrected chi connectivity index (χ3v) is 2.71. The van der Waals surface area contributed by atoms with E-state index in [4.69, 9.17) is 10.5 Å². The fraction of sp³-hybridized carbons (Fsp3) is 0.0769. The van der Waals surface area contributed by atoms with Crippen molar-refractivity contribution in [1.82, 2.24) is 4.98 Å². The number of para-hydroxylation sites is 2. The predicted molar refractivity (Wildman–Crippen MR) is 67.7 cm³/mol. The number of hydrogen-bond acceptors (Lipinski definition) is 4. The highest BCUT2D eigenvalue weighted by molar-refractivity contribution is 6.03. The highest BCUT2D eigenvalue weighted by Crippen LogP contribution is 2.35. The normalized spacial score (nSPS) is 14.0. The Morgan fingerprint density at radius 3 is 2.83 bits per heavy atom. The molecule has 18 heavy (non-hydrogen) atoms. The van der Waals surface area contributed by atoms with Gasteiger partial charge in [0, 0.05) is 0 Å². The van der Waals surface area contributed by atoms with Crippen LogP contribution in [0.15, 0.2) is 42.6 Å². The molecule has 1 aromatic carbocycles. The standard InChI is InChI=1S/C13H11N3O2/c14-9-5-6-12(15-7-9)16-10-3-1-2-4-11(10)18-8-13(16)17/h1-7H,8,14H2. The molecular weight excluding hydrogens is 230 g/mol. The van der Waals surface area contributed by atoms with E-state index in [-0.39, 0.29) is 12.5 Å². The number of carbonyl (C=O) groups is 1. The minimum atomic E-state index is -0.147. The molecule has 1 aliphatic rings. The number of ether oxygens (including phenoxy) is 1. The highest BCUT2D eigenvalue weighted by atomic mass is 16.5. The van der Waals surface area contributed by atoms with E-state index in [1.807, 2.05) is 24.3 Å². The average molecular weight is 241 g/mol. The number of amides is 1. The first-order valence-corrected chi connectivity index (χ1v) is 5.52. The quantitative estimate of drug-likeness (QED) is 0.825. The lowest BCUT2D eigenvalue weighted by atomic mass is 10.2. The van der Waals surface area contributed by atoms with Gasteiger partial charge in [-0.25, -0.2) is 4.98 Å². The molecule has 0 atom stereocenters. The van der Waals surface area contributed by atoms with E-state index >= 15 is 0 Å². The Hall–Kier alpha value is -2.56. The summed E-state index contributed by atoms with van der Waals surface area (Å²) in [4.78, 5) is 17.7. The van der Waals surface area contributed by atoms with Gasteiger partial charge >= 0.3 is 0 Å². The monoisotopic (exact) mass is 241 g/mol. The number of pyridine rings is 1. The smallest absolute Gasteiger partial charge is 0.270 e. The van der Waals surface area contributed by atoms with Gasteiger partial charge in [-0.05, 0) is 24.3 Å². The van der Waals surface area contributed by atoms with Crippen molar-refractivity contribution in [2.45, 2.75) is 0 Å². The molecule has 0 bridgehead atoms. The maximum Gasteiger partial charge on any atom is 0.270 e. The molecule has 5 heteroatoms. The number of hydrogen-bond donors (Lipinski definition) is 1. The van der Waals surface area contributed by atoms with Crippen molar-refractivity contribution in [2.24, 2.45) is 0 Å². The van der Waals surface area contributed by atoms with Crippen LogP contribution in [0.2, 0.25) is 0 Å². The lowest BCUT2D eigenvalue weighted by Crippen LogP contribution is -2.35. The van der Waals surface area contributed by atoms with Crippen molar-refractivity contribution < 1.29 is 9.53 Å². The maximum atomic E-state index is 12.0. The van der Waals surface area contributed by atoms with Gasteiger partial charge in [0.05, 0.1) is 17.6 Å². The minimum Gasteiger partial charge on any atom is -0.482 e. The maximum absolute atomic E-state index is 12.0. The molecule has 0 saturated heterocycles. The topological polar surface area (TPSA) is 68.5 Å². The second kappa shape index (κ2) is 4.03. The van der Waals surface area contributed by atoms with Crippen LogP contribution in [0.3, 0.4) is 0 Å². The van der Waals surface area contributed by atoms with E-state index in [0.29, 0.717) is 22.9 Å². The largest absolute Gasteiger partial charge is 0.482 e. The Balaban J connectivity index is 2.10. The first-order chi connectivity index (χ1) is 8.75. The van der Waals surface area contributed by atoms with Crippen LogP contribution >= 0.6 is 0 Å². The fourth-order valence-corrected chi connectivity index (χ4v) is 1.88. The van der Waals surface area contributed by atoms with Crippen molar-refractivity contribution in [1.29, 1.82) is 0 Å². The van der Waals surface area contributed by atoms with Crippen molar-refractivity contribution in [3.05, 3.63) is 42.6 Å². The molecule has 0 saturated carbocycles. The van der Waals surface area contributed by atoms with Crippen LogP contribution in [0.25, 0.3) is 0 Å². The van der Waals surface area contributed by atoms with E-state index in [9.17, 15) is 4.79 Å². The van der Waals surface area contributed by atoms with Gasteiger partial charge in [0.25, 0.3) is 5.91 Å². The number of benzene rings is 1. The van der Waals surface area contributed by atoms with Crippen LogP contribution in [-0.2, 0) is 4.79 Å². The molecular formula is C13H11N3O2. The molecule has 0 radical (unpaired) electrons. The van der Waals surface area contributed by atoms with Crippen LogP contribution < -0.4 is 15.4 Å². The zero-order valence-corrected chi connectivity index (χ0v) is 9.54.